The summed E-state index contributed by atoms with van der Waals surface area (Å²) >= 11 is 1.38. The van der Waals surface area contributed by atoms with Crippen LogP contribution in [-0.2, 0) is 11.3 Å². The third-order valence-electron chi connectivity index (χ3n) is 5.36. The molecule has 1 amide bonds. The number of fused-ring (bicyclic) bond motifs is 1. The first-order valence-electron chi connectivity index (χ1n) is 10.6. The van der Waals surface area contributed by atoms with Gasteiger partial charge in [0.1, 0.15) is 5.75 Å². The molecule has 0 bridgehead atoms. The van der Waals surface area contributed by atoms with E-state index in [1.165, 1.54) is 22.5 Å². The molecule has 1 heterocycles. The van der Waals surface area contributed by atoms with E-state index in [2.05, 4.69) is 45.8 Å². The van der Waals surface area contributed by atoms with Gasteiger partial charge in [-0.05, 0) is 48.4 Å². The van der Waals surface area contributed by atoms with Crippen molar-refractivity contribution in [1.29, 1.82) is 0 Å². The molecule has 164 valence electrons. The second kappa shape index (κ2) is 9.87. The SMILES string of the molecule is CCn1c(SCC(=O)NC(C)c2ccc3ccccc3c2)nnc1-c1ccccc1OC. The number of benzene rings is 3. The Morgan fingerprint density at radius 2 is 1.81 bits per heavy atom. The molecule has 1 N–H and O–H groups in total. The van der Waals surface area contributed by atoms with Gasteiger partial charge in [0, 0.05) is 6.54 Å². The number of amides is 1. The fraction of sp³-hybridized carbons (Fsp3) is 0.240. The summed E-state index contributed by atoms with van der Waals surface area (Å²) in [5.74, 6) is 1.70. The summed E-state index contributed by atoms with van der Waals surface area (Å²) in [4.78, 5) is 12.6. The van der Waals surface area contributed by atoms with Crippen molar-refractivity contribution in [1.82, 2.24) is 20.1 Å². The van der Waals surface area contributed by atoms with Crippen LogP contribution in [-0.4, -0.2) is 33.5 Å². The van der Waals surface area contributed by atoms with E-state index in [0.29, 0.717) is 11.7 Å². The summed E-state index contributed by atoms with van der Waals surface area (Å²) in [6, 6.07) is 22.1. The number of aromatic nitrogens is 3. The van der Waals surface area contributed by atoms with Crippen LogP contribution < -0.4 is 10.1 Å². The Kier molecular flexibility index (Phi) is 6.75. The van der Waals surface area contributed by atoms with Gasteiger partial charge in [-0.1, -0.05) is 60.3 Å². The Morgan fingerprint density at radius 3 is 2.59 bits per heavy atom. The molecule has 32 heavy (non-hydrogen) atoms. The van der Waals surface area contributed by atoms with E-state index in [4.69, 9.17) is 4.74 Å². The molecule has 0 fully saturated rings. The minimum Gasteiger partial charge on any atom is -0.496 e. The van der Waals surface area contributed by atoms with Crippen molar-refractivity contribution in [3.8, 4) is 17.1 Å². The zero-order valence-electron chi connectivity index (χ0n) is 18.4. The van der Waals surface area contributed by atoms with E-state index < -0.39 is 0 Å². The quantitative estimate of drug-likeness (QED) is 0.382. The molecular weight excluding hydrogens is 420 g/mol. The van der Waals surface area contributed by atoms with Crippen LogP contribution in [0.1, 0.15) is 25.5 Å². The second-order valence-corrected chi connectivity index (χ2v) is 8.38. The number of para-hydroxylation sites is 1. The predicted octanol–water partition coefficient (Wildman–Crippen LogP) is 5.10. The summed E-state index contributed by atoms with van der Waals surface area (Å²) in [6.07, 6.45) is 0. The third kappa shape index (κ3) is 4.62. The highest BCUT2D eigenvalue weighted by molar-refractivity contribution is 7.99. The van der Waals surface area contributed by atoms with Crippen molar-refractivity contribution < 1.29 is 9.53 Å². The van der Waals surface area contributed by atoms with Gasteiger partial charge in [0.15, 0.2) is 11.0 Å². The lowest BCUT2D eigenvalue weighted by atomic mass is 10.0. The summed E-state index contributed by atoms with van der Waals surface area (Å²) in [5.41, 5.74) is 1.96. The van der Waals surface area contributed by atoms with E-state index in [1.54, 1.807) is 7.11 Å². The zero-order chi connectivity index (χ0) is 22.5. The van der Waals surface area contributed by atoms with Gasteiger partial charge >= 0.3 is 0 Å². The summed E-state index contributed by atoms with van der Waals surface area (Å²) in [5, 5.41) is 14.8. The molecule has 1 unspecified atom stereocenters. The van der Waals surface area contributed by atoms with Crippen molar-refractivity contribution in [3.63, 3.8) is 0 Å². The van der Waals surface area contributed by atoms with Gasteiger partial charge in [-0.25, -0.2) is 0 Å². The molecular formula is C25H26N4O2S. The largest absolute Gasteiger partial charge is 0.496 e. The Balaban J connectivity index is 1.43. The van der Waals surface area contributed by atoms with Crippen molar-refractivity contribution >= 4 is 28.4 Å². The van der Waals surface area contributed by atoms with E-state index in [-0.39, 0.29) is 17.7 Å². The first-order valence-corrected chi connectivity index (χ1v) is 11.6. The maximum Gasteiger partial charge on any atom is 0.230 e. The molecule has 0 aliphatic carbocycles. The Labute approximate surface area is 192 Å². The summed E-state index contributed by atoms with van der Waals surface area (Å²) in [7, 11) is 1.64. The molecule has 4 aromatic rings. The van der Waals surface area contributed by atoms with Crippen LogP contribution in [0, 0.1) is 0 Å². The molecule has 0 saturated heterocycles. The molecule has 0 aliphatic heterocycles. The molecule has 0 spiro atoms. The van der Waals surface area contributed by atoms with Crippen LogP contribution in [0.25, 0.3) is 22.2 Å². The average Bonchev–Trinajstić information content (AvgIpc) is 3.25. The topological polar surface area (TPSA) is 69.0 Å². The van der Waals surface area contributed by atoms with Gasteiger partial charge in [-0.2, -0.15) is 0 Å². The first-order chi connectivity index (χ1) is 15.6. The lowest BCUT2D eigenvalue weighted by molar-refractivity contribution is -0.119. The Morgan fingerprint density at radius 1 is 1.06 bits per heavy atom. The highest BCUT2D eigenvalue weighted by atomic mass is 32.2. The summed E-state index contributed by atoms with van der Waals surface area (Å²) < 4.78 is 7.47. The van der Waals surface area contributed by atoms with Crippen LogP contribution in [0.15, 0.2) is 71.9 Å². The van der Waals surface area contributed by atoms with Crippen LogP contribution in [0.2, 0.25) is 0 Å². The fourth-order valence-corrected chi connectivity index (χ4v) is 4.50. The van der Waals surface area contributed by atoms with Crippen LogP contribution in [0.3, 0.4) is 0 Å². The first kappa shape index (κ1) is 21.9. The van der Waals surface area contributed by atoms with Gasteiger partial charge in [-0.3, -0.25) is 4.79 Å². The number of nitrogens with one attached hydrogen (secondary N) is 1. The lowest BCUT2D eigenvalue weighted by Gasteiger charge is -2.15. The molecule has 4 rings (SSSR count). The predicted molar refractivity (Wildman–Crippen MR) is 129 cm³/mol. The van der Waals surface area contributed by atoms with Crippen LogP contribution in [0.4, 0.5) is 0 Å². The van der Waals surface area contributed by atoms with E-state index >= 15 is 0 Å². The number of ether oxygens (including phenoxy) is 1. The van der Waals surface area contributed by atoms with E-state index in [1.807, 2.05) is 54.8 Å². The van der Waals surface area contributed by atoms with E-state index in [9.17, 15) is 4.79 Å². The number of nitrogens with zero attached hydrogens (tertiary/aromatic N) is 3. The molecule has 1 atom stereocenters. The number of hydrogen-bond donors (Lipinski definition) is 1. The fourth-order valence-electron chi connectivity index (χ4n) is 3.68. The number of carbonyl (C=O) groups is 1. The van der Waals surface area contributed by atoms with Crippen molar-refractivity contribution in [2.24, 2.45) is 0 Å². The monoisotopic (exact) mass is 446 g/mol. The normalized spacial score (nSPS) is 12.0. The number of thioether (sulfide) groups is 1. The molecule has 0 radical (unpaired) electrons. The Hall–Kier alpha value is -3.32. The summed E-state index contributed by atoms with van der Waals surface area (Å²) in [6.45, 7) is 4.73. The molecule has 7 heteroatoms. The van der Waals surface area contributed by atoms with Gasteiger partial charge in [0.05, 0.1) is 24.5 Å². The molecule has 0 aliphatic rings. The van der Waals surface area contributed by atoms with Crippen molar-refractivity contribution in [3.05, 3.63) is 72.3 Å². The van der Waals surface area contributed by atoms with Crippen molar-refractivity contribution in [2.75, 3.05) is 12.9 Å². The highest BCUT2D eigenvalue weighted by Gasteiger charge is 2.18. The standard InChI is InChI=1S/C25H26N4O2S/c1-4-29-24(21-11-7-8-12-22(21)31-3)27-28-25(29)32-16-23(30)26-17(2)19-14-13-18-9-5-6-10-20(18)15-19/h5-15,17H,4,16H2,1-3H3,(H,26,30). The molecule has 1 aromatic heterocycles. The van der Waals surface area contributed by atoms with Crippen LogP contribution in [0.5, 0.6) is 5.75 Å². The highest BCUT2D eigenvalue weighted by Crippen LogP contribution is 2.30. The van der Waals surface area contributed by atoms with Gasteiger partial charge in [-0.15, -0.1) is 10.2 Å². The average molecular weight is 447 g/mol. The van der Waals surface area contributed by atoms with E-state index in [0.717, 1.165) is 22.7 Å². The lowest BCUT2D eigenvalue weighted by Crippen LogP contribution is -2.28. The zero-order valence-corrected chi connectivity index (χ0v) is 19.2. The van der Waals surface area contributed by atoms with Gasteiger partial charge in [0.2, 0.25) is 5.91 Å². The number of hydrogen-bond acceptors (Lipinski definition) is 5. The van der Waals surface area contributed by atoms with Gasteiger partial charge in [0.25, 0.3) is 0 Å². The molecule has 0 saturated carbocycles. The van der Waals surface area contributed by atoms with Crippen LogP contribution >= 0.6 is 11.8 Å². The minimum absolute atomic E-state index is 0.0415. The number of rotatable bonds is 8. The number of methoxy groups -OCH3 is 1. The minimum atomic E-state index is -0.0825. The Bertz CT molecular complexity index is 1240. The number of carbonyl (C=O) groups excluding carboxylic acids is 1. The smallest absolute Gasteiger partial charge is 0.230 e. The van der Waals surface area contributed by atoms with Gasteiger partial charge < -0.3 is 14.6 Å². The second-order valence-electron chi connectivity index (χ2n) is 7.44. The maximum absolute atomic E-state index is 12.6. The maximum atomic E-state index is 12.6. The van der Waals surface area contributed by atoms with Crippen molar-refractivity contribution in [2.45, 2.75) is 31.6 Å². The molecule has 3 aromatic carbocycles. The molecule has 6 nitrogen and oxygen atoms in total. The third-order valence-corrected chi connectivity index (χ3v) is 6.33.